The van der Waals surface area contributed by atoms with Gasteiger partial charge in [-0.2, -0.15) is 0 Å². The minimum atomic E-state index is -0.510. The second-order valence-corrected chi connectivity index (χ2v) is 6.18. The second kappa shape index (κ2) is 7.93. The lowest BCUT2D eigenvalue weighted by molar-refractivity contribution is -0.122. The SMILES string of the molecule is CCc1cc(CC(N)C(=O)NC(C)C)ccc1-c1ccccc1. The Morgan fingerprint density at radius 1 is 1.13 bits per heavy atom. The van der Waals surface area contributed by atoms with Crippen LogP contribution in [0.5, 0.6) is 0 Å². The number of rotatable bonds is 6. The second-order valence-electron chi connectivity index (χ2n) is 6.18. The Kier molecular flexibility index (Phi) is 5.94. The zero-order chi connectivity index (χ0) is 16.8. The largest absolute Gasteiger partial charge is 0.353 e. The first-order valence-corrected chi connectivity index (χ1v) is 8.24. The van der Waals surface area contributed by atoms with E-state index in [2.05, 4.69) is 54.7 Å². The van der Waals surface area contributed by atoms with Crippen molar-refractivity contribution in [2.75, 3.05) is 0 Å². The molecular formula is C20H26N2O. The third-order valence-corrected chi connectivity index (χ3v) is 3.86. The highest BCUT2D eigenvalue weighted by molar-refractivity contribution is 5.82. The van der Waals surface area contributed by atoms with Crippen LogP contribution in [0.15, 0.2) is 48.5 Å². The minimum Gasteiger partial charge on any atom is -0.353 e. The van der Waals surface area contributed by atoms with Crippen LogP contribution in [-0.4, -0.2) is 18.0 Å². The Balaban J connectivity index is 2.18. The molecule has 3 heteroatoms. The number of aryl methyl sites for hydroxylation is 1. The molecule has 1 atom stereocenters. The number of hydrogen-bond donors (Lipinski definition) is 2. The molecule has 0 bridgehead atoms. The number of benzene rings is 2. The molecule has 1 unspecified atom stereocenters. The van der Waals surface area contributed by atoms with Gasteiger partial charge in [0.2, 0.25) is 5.91 Å². The summed E-state index contributed by atoms with van der Waals surface area (Å²) in [5, 5.41) is 2.86. The molecule has 3 nitrogen and oxygen atoms in total. The average molecular weight is 310 g/mol. The van der Waals surface area contributed by atoms with Crippen molar-refractivity contribution in [2.45, 2.75) is 45.7 Å². The number of carbonyl (C=O) groups excluding carboxylic acids is 1. The van der Waals surface area contributed by atoms with Crippen molar-refractivity contribution in [3.8, 4) is 11.1 Å². The van der Waals surface area contributed by atoms with Gasteiger partial charge in [0, 0.05) is 6.04 Å². The molecule has 2 aromatic carbocycles. The molecule has 122 valence electrons. The quantitative estimate of drug-likeness (QED) is 0.860. The predicted molar refractivity (Wildman–Crippen MR) is 96.2 cm³/mol. The zero-order valence-corrected chi connectivity index (χ0v) is 14.2. The molecule has 0 spiro atoms. The van der Waals surface area contributed by atoms with Gasteiger partial charge in [-0.15, -0.1) is 0 Å². The average Bonchev–Trinajstić information content (AvgIpc) is 2.54. The number of nitrogens with one attached hydrogen (secondary N) is 1. The summed E-state index contributed by atoms with van der Waals surface area (Å²) in [5.41, 5.74) is 10.9. The van der Waals surface area contributed by atoms with Gasteiger partial charge in [-0.1, -0.05) is 55.5 Å². The molecule has 0 radical (unpaired) electrons. The van der Waals surface area contributed by atoms with Gasteiger partial charge in [-0.3, -0.25) is 4.79 Å². The lowest BCUT2D eigenvalue weighted by Gasteiger charge is -2.16. The zero-order valence-electron chi connectivity index (χ0n) is 14.2. The minimum absolute atomic E-state index is 0.0924. The number of nitrogens with two attached hydrogens (primary N) is 1. The van der Waals surface area contributed by atoms with Gasteiger partial charge in [-0.25, -0.2) is 0 Å². The van der Waals surface area contributed by atoms with E-state index >= 15 is 0 Å². The molecule has 2 aromatic rings. The summed E-state index contributed by atoms with van der Waals surface area (Å²) in [4.78, 5) is 12.0. The molecular weight excluding hydrogens is 284 g/mol. The molecule has 0 heterocycles. The molecule has 0 aromatic heterocycles. The first-order valence-electron chi connectivity index (χ1n) is 8.24. The Hall–Kier alpha value is -2.13. The highest BCUT2D eigenvalue weighted by Crippen LogP contribution is 2.25. The van der Waals surface area contributed by atoms with Gasteiger partial charge in [-0.05, 0) is 48.9 Å². The first-order chi connectivity index (χ1) is 11.0. The van der Waals surface area contributed by atoms with Crippen LogP contribution in [0.3, 0.4) is 0 Å². The van der Waals surface area contributed by atoms with Gasteiger partial charge in [0.05, 0.1) is 6.04 Å². The fourth-order valence-electron chi connectivity index (χ4n) is 2.70. The van der Waals surface area contributed by atoms with Crippen LogP contribution in [0.2, 0.25) is 0 Å². The number of amides is 1. The molecule has 23 heavy (non-hydrogen) atoms. The van der Waals surface area contributed by atoms with Crippen molar-refractivity contribution >= 4 is 5.91 Å². The van der Waals surface area contributed by atoms with Crippen molar-refractivity contribution in [3.05, 3.63) is 59.7 Å². The highest BCUT2D eigenvalue weighted by Gasteiger charge is 2.15. The van der Waals surface area contributed by atoms with E-state index in [1.807, 2.05) is 19.9 Å². The van der Waals surface area contributed by atoms with Crippen molar-refractivity contribution < 1.29 is 4.79 Å². The maximum Gasteiger partial charge on any atom is 0.237 e. The smallest absolute Gasteiger partial charge is 0.237 e. The Bertz CT molecular complexity index is 650. The molecule has 0 aliphatic rings. The molecule has 0 saturated carbocycles. The topological polar surface area (TPSA) is 55.1 Å². The van der Waals surface area contributed by atoms with Crippen molar-refractivity contribution in [2.24, 2.45) is 5.73 Å². The Morgan fingerprint density at radius 2 is 1.83 bits per heavy atom. The van der Waals surface area contributed by atoms with Crippen LogP contribution in [0, 0.1) is 0 Å². The van der Waals surface area contributed by atoms with E-state index in [0.29, 0.717) is 6.42 Å². The number of hydrogen-bond acceptors (Lipinski definition) is 2. The van der Waals surface area contributed by atoms with E-state index in [-0.39, 0.29) is 11.9 Å². The lowest BCUT2D eigenvalue weighted by Crippen LogP contribution is -2.44. The molecule has 3 N–H and O–H groups in total. The number of carbonyl (C=O) groups is 1. The third-order valence-electron chi connectivity index (χ3n) is 3.86. The van der Waals surface area contributed by atoms with Crippen LogP contribution in [0.1, 0.15) is 31.9 Å². The van der Waals surface area contributed by atoms with Gasteiger partial charge in [0.1, 0.15) is 0 Å². The van der Waals surface area contributed by atoms with Crippen molar-refractivity contribution in [3.63, 3.8) is 0 Å². The standard InChI is InChI=1S/C20H26N2O/c1-4-16-12-15(13-19(21)20(23)22-14(2)3)10-11-18(16)17-8-6-5-7-9-17/h5-12,14,19H,4,13,21H2,1-3H3,(H,22,23). The molecule has 2 rings (SSSR count). The molecule has 0 aliphatic heterocycles. The summed E-state index contributed by atoms with van der Waals surface area (Å²) in [6.07, 6.45) is 1.51. The molecule has 0 fully saturated rings. The molecule has 1 amide bonds. The van der Waals surface area contributed by atoms with E-state index in [4.69, 9.17) is 5.73 Å². The monoisotopic (exact) mass is 310 g/mol. The normalized spacial score (nSPS) is 12.2. The van der Waals surface area contributed by atoms with Gasteiger partial charge < -0.3 is 11.1 Å². The Morgan fingerprint density at radius 3 is 2.43 bits per heavy atom. The van der Waals surface area contributed by atoms with Crippen LogP contribution >= 0.6 is 0 Å². The van der Waals surface area contributed by atoms with Crippen molar-refractivity contribution in [1.29, 1.82) is 0 Å². The summed E-state index contributed by atoms with van der Waals surface area (Å²) < 4.78 is 0. The van der Waals surface area contributed by atoms with E-state index in [1.165, 1.54) is 16.7 Å². The summed E-state index contributed by atoms with van der Waals surface area (Å²) >= 11 is 0. The maximum atomic E-state index is 12.0. The summed E-state index contributed by atoms with van der Waals surface area (Å²) in [6, 6.07) is 16.3. The molecule has 0 aliphatic carbocycles. The van der Waals surface area contributed by atoms with E-state index < -0.39 is 6.04 Å². The Labute approximate surface area is 138 Å². The van der Waals surface area contributed by atoms with Crippen LogP contribution in [-0.2, 0) is 17.6 Å². The maximum absolute atomic E-state index is 12.0. The third kappa shape index (κ3) is 4.67. The van der Waals surface area contributed by atoms with E-state index in [9.17, 15) is 4.79 Å². The van der Waals surface area contributed by atoms with Gasteiger partial charge >= 0.3 is 0 Å². The van der Waals surface area contributed by atoms with Crippen LogP contribution in [0.4, 0.5) is 0 Å². The fraction of sp³-hybridized carbons (Fsp3) is 0.350. The lowest BCUT2D eigenvalue weighted by atomic mass is 9.94. The van der Waals surface area contributed by atoms with E-state index in [1.54, 1.807) is 0 Å². The highest BCUT2D eigenvalue weighted by atomic mass is 16.2. The van der Waals surface area contributed by atoms with Crippen molar-refractivity contribution in [1.82, 2.24) is 5.32 Å². The van der Waals surface area contributed by atoms with Gasteiger partial charge in [0.25, 0.3) is 0 Å². The molecule has 0 saturated heterocycles. The summed E-state index contributed by atoms with van der Waals surface area (Å²) in [5.74, 6) is -0.0924. The summed E-state index contributed by atoms with van der Waals surface area (Å²) in [7, 11) is 0. The van der Waals surface area contributed by atoms with E-state index in [0.717, 1.165) is 12.0 Å². The van der Waals surface area contributed by atoms with Crippen LogP contribution < -0.4 is 11.1 Å². The van der Waals surface area contributed by atoms with Gasteiger partial charge in [0.15, 0.2) is 0 Å². The summed E-state index contributed by atoms with van der Waals surface area (Å²) in [6.45, 7) is 6.03. The first kappa shape index (κ1) is 17.2. The van der Waals surface area contributed by atoms with Crippen LogP contribution in [0.25, 0.3) is 11.1 Å². The fourth-order valence-corrected chi connectivity index (χ4v) is 2.70. The predicted octanol–water partition coefficient (Wildman–Crippen LogP) is 3.31.